The van der Waals surface area contributed by atoms with Gasteiger partial charge in [0.1, 0.15) is 29.8 Å². The van der Waals surface area contributed by atoms with Crippen LogP contribution in [-0.2, 0) is 0 Å². The van der Waals surface area contributed by atoms with Gasteiger partial charge >= 0.3 is 0 Å². The van der Waals surface area contributed by atoms with Crippen LogP contribution in [0.1, 0.15) is 47.0 Å². The topological polar surface area (TPSA) is 80.5 Å². The summed E-state index contributed by atoms with van der Waals surface area (Å²) in [7, 11) is 0. The Bertz CT molecular complexity index is 766. The molecule has 1 amide bonds. The second-order valence-corrected chi connectivity index (χ2v) is 6.59. The minimum absolute atomic E-state index is 0.157. The molecule has 1 fully saturated rings. The Kier molecular flexibility index (Phi) is 5.75. The predicted octanol–water partition coefficient (Wildman–Crippen LogP) is 2.79. The first kappa shape index (κ1) is 18.2. The highest BCUT2D eigenvalue weighted by atomic mass is 16.5. The summed E-state index contributed by atoms with van der Waals surface area (Å²) in [6.45, 7) is 8.26. The van der Waals surface area contributed by atoms with E-state index in [0.29, 0.717) is 36.2 Å². The first-order valence-electron chi connectivity index (χ1n) is 9.11. The van der Waals surface area contributed by atoms with Crippen LogP contribution in [0, 0.1) is 20.8 Å². The van der Waals surface area contributed by atoms with Crippen molar-refractivity contribution >= 4 is 11.7 Å². The normalized spacial score (nSPS) is 14.3. The average molecular weight is 358 g/mol. The van der Waals surface area contributed by atoms with Crippen LogP contribution in [0.5, 0.6) is 5.88 Å². The summed E-state index contributed by atoms with van der Waals surface area (Å²) in [6.07, 6.45) is 3.66. The van der Waals surface area contributed by atoms with Gasteiger partial charge in [0, 0.05) is 19.2 Å². The van der Waals surface area contributed by atoms with E-state index in [1.807, 2.05) is 19.9 Å². The number of carbonyl (C=O) groups is 1. The van der Waals surface area contributed by atoms with Gasteiger partial charge in [0.2, 0.25) is 5.88 Å². The number of nitrogens with one attached hydrogen (secondary N) is 1. The van der Waals surface area contributed by atoms with Crippen LogP contribution in [0.25, 0.3) is 0 Å². The van der Waals surface area contributed by atoms with E-state index in [1.54, 1.807) is 13.0 Å². The number of nitrogens with zero attached hydrogens (tertiary/aromatic N) is 3. The molecule has 0 unspecified atom stereocenters. The van der Waals surface area contributed by atoms with Gasteiger partial charge in [0.25, 0.3) is 5.91 Å². The Labute approximate surface area is 153 Å². The second kappa shape index (κ2) is 8.21. The van der Waals surface area contributed by atoms with Crippen molar-refractivity contribution in [3.8, 4) is 5.88 Å². The lowest BCUT2D eigenvalue weighted by atomic mass is 10.1. The smallest absolute Gasteiger partial charge is 0.254 e. The van der Waals surface area contributed by atoms with E-state index in [0.717, 1.165) is 24.7 Å². The number of furan rings is 1. The maximum absolute atomic E-state index is 12.1. The number of amides is 1. The van der Waals surface area contributed by atoms with Gasteiger partial charge in [-0.2, -0.15) is 4.98 Å². The molecular weight excluding hydrogens is 332 g/mol. The number of aryl methyl sites for hydroxylation is 3. The summed E-state index contributed by atoms with van der Waals surface area (Å²) < 4.78 is 11.1. The van der Waals surface area contributed by atoms with Gasteiger partial charge in [-0.15, -0.1) is 0 Å². The van der Waals surface area contributed by atoms with Crippen molar-refractivity contribution in [1.82, 2.24) is 15.3 Å². The molecule has 2 aromatic rings. The van der Waals surface area contributed by atoms with Gasteiger partial charge in [0.05, 0.1) is 12.1 Å². The Balaban J connectivity index is 1.52. The van der Waals surface area contributed by atoms with Crippen molar-refractivity contribution < 1.29 is 13.9 Å². The zero-order valence-corrected chi connectivity index (χ0v) is 15.7. The Morgan fingerprint density at radius 1 is 1.19 bits per heavy atom. The number of carbonyl (C=O) groups excluding carboxylic acids is 1. The highest BCUT2D eigenvalue weighted by Gasteiger charge is 2.15. The van der Waals surface area contributed by atoms with Crippen LogP contribution in [0.15, 0.2) is 16.5 Å². The van der Waals surface area contributed by atoms with Crippen molar-refractivity contribution in [1.29, 1.82) is 0 Å². The van der Waals surface area contributed by atoms with Crippen LogP contribution in [0.2, 0.25) is 0 Å². The molecule has 1 aliphatic rings. The van der Waals surface area contributed by atoms with Gasteiger partial charge in [0.15, 0.2) is 0 Å². The van der Waals surface area contributed by atoms with E-state index in [1.165, 1.54) is 19.3 Å². The fourth-order valence-corrected chi connectivity index (χ4v) is 3.16. The monoisotopic (exact) mass is 358 g/mol. The first-order chi connectivity index (χ1) is 12.5. The first-order valence-corrected chi connectivity index (χ1v) is 9.11. The molecule has 3 rings (SSSR count). The molecule has 1 saturated heterocycles. The van der Waals surface area contributed by atoms with Gasteiger partial charge in [-0.05, 0) is 46.1 Å². The zero-order valence-electron chi connectivity index (χ0n) is 15.7. The zero-order chi connectivity index (χ0) is 18.5. The second-order valence-electron chi connectivity index (χ2n) is 6.59. The summed E-state index contributed by atoms with van der Waals surface area (Å²) >= 11 is 0. The van der Waals surface area contributed by atoms with E-state index in [-0.39, 0.29) is 5.91 Å². The quantitative estimate of drug-likeness (QED) is 0.800. The fraction of sp³-hybridized carbons (Fsp3) is 0.526. The van der Waals surface area contributed by atoms with Crippen LogP contribution >= 0.6 is 0 Å². The van der Waals surface area contributed by atoms with E-state index >= 15 is 0 Å². The Morgan fingerprint density at radius 3 is 2.65 bits per heavy atom. The van der Waals surface area contributed by atoms with Gasteiger partial charge < -0.3 is 19.4 Å². The summed E-state index contributed by atoms with van der Waals surface area (Å²) in [5.41, 5.74) is 0.563. The molecule has 0 spiro atoms. The molecule has 140 valence electrons. The number of ether oxygens (including phenoxy) is 1. The maximum Gasteiger partial charge on any atom is 0.254 e. The van der Waals surface area contributed by atoms with Crippen molar-refractivity contribution in [2.75, 3.05) is 31.1 Å². The number of aromatic nitrogens is 2. The van der Waals surface area contributed by atoms with Crippen LogP contribution in [0.4, 0.5) is 5.82 Å². The lowest BCUT2D eigenvalue weighted by molar-refractivity contribution is 0.0945. The molecule has 2 aromatic heterocycles. The summed E-state index contributed by atoms with van der Waals surface area (Å²) in [6, 6.07) is 3.62. The SMILES string of the molecule is Cc1nc(OCCNC(=O)c2cc(C)oc2C)cc(N2CCCCC2)n1. The molecule has 0 aliphatic carbocycles. The van der Waals surface area contributed by atoms with Crippen LogP contribution in [0.3, 0.4) is 0 Å². The standard InChI is InChI=1S/C19H26N4O3/c1-13-11-16(14(2)26-13)19(24)20-7-10-25-18-12-17(21-15(3)22-18)23-8-5-4-6-9-23/h11-12H,4-10H2,1-3H3,(H,20,24). The predicted molar refractivity (Wildman–Crippen MR) is 98.8 cm³/mol. The minimum Gasteiger partial charge on any atom is -0.476 e. The van der Waals surface area contributed by atoms with E-state index in [2.05, 4.69) is 20.2 Å². The summed E-state index contributed by atoms with van der Waals surface area (Å²) in [5, 5.41) is 2.84. The number of rotatable bonds is 6. The molecule has 0 saturated carbocycles. The lowest BCUT2D eigenvalue weighted by Crippen LogP contribution is -2.30. The average Bonchev–Trinajstić information content (AvgIpc) is 2.97. The molecular formula is C19H26N4O3. The van der Waals surface area contributed by atoms with E-state index in [4.69, 9.17) is 9.15 Å². The molecule has 1 aliphatic heterocycles. The molecule has 3 heterocycles. The highest BCUT2D eigenvalue weighted by molar-refractivity contribution is 5.95. The summed E-state index contributed by atoms with van der Waals surface area (Å²) in [4.78, 5) is 23.3. The van der Waals surface area contributed by atoms with Crippen molar-refractivity contribution in [3.63, 3.8) is 0 Å². The molecule has 1 N–H and O–H groups in total. The molecule has 7 heteroatoms. The van der Waals surface area contributed by atoms with Crippen LogP contribution < -0.4 is 15.0 Å². The van der Waals surface area contributed by atoms with E-state index in [9.17, 15) is 4.79 Å². The maximum atomic E-state index is 12.1. The Morgan fingerprint density at radius 2 is 1.96 bits per heavy atom. The van der Waals surface area contributed by atoms with Gasteiger partial charge in [-0.1, -0.05) is 0 Å². The lowest BCUT2D eigenvalue weighted by Gasteiger charge is -2.28. The van der Waals surface area contributed by atoms with Crippen molar-refractivity contribution in [3.05, 3.63) is 35.0 Å². The molecule has 0 bridgehead atoms. The number of piperidine rings is 1. The minimum atomic E-state index is -0.157. The third-order valence-electron chi connectivity index (χ3n) is 4.40. The molecule has 0 atom stereocenters. The number of hydrogen-bond donors (Lipinski definition) is 1. The molecule has 0 radical (unpaired) electrons. The summed E-state index contributed by atoms with van der Waals surface area (Å²) in [5.74, 6) is 3.35. The third-order valence-corrected chi connectivity index (χ3v) is 4.40. The number of anilines is 1. The number of hydrogen-bond acceptors (Lipinski definition) is 6. The third kappa shape index (κ3) is 4.53. The molecule has 26 heavy (non-hydrogen) atoms. The fourth-order valence-electron chi connectivity index (χ4n) is 3.16. The molecule has 7 nitrogen and oxygen atoms in total. The Hall–Kier alpha value is -2.57. The van der Waals surface area contributed by atoms with Crippen molar-refractivity contribution in [2.45, 2.75) is 40.0 Å². The van der Waals surface area contributed by atoms with Crippen LogP contribution in [-0.4, -0.2) is 42.1 Å². The van der Waals surface area contributed by atoms with Gasteiger partial charge in [-0.25, -0.2) is 4.98 Å². The highest BCUT2D eigenvalue weighted by Crippen LogP contribution is 2.21. The molecule has 0 aromatic carbocycles. The van der Waals surface area contributed by atoms with Crippen molar-refractivity contribution in [2.24, 2.45) is 0 Å². The van der Waals surface area contributed by atoms with E-state index < -0.39 is 0 Å². The largest absolute Gasteiger partial charge is 0.476 e. The van der Waals surface area contributed by atoms with Gasteiger partial charge in [-0.3, -0.25) is 4.79 Å².